The summed E-state index contributed by atoms with van der Waals surface area (Å²) >= 11 is 1.79. The van der Waals surface area contributed by atoms with Gasteiger partial charge in [0.25, 0.3) is 0 Å². The second-order valence-corrected chi connectivity index (χ2v) is 7.70. The molecule has 3 rings (SSSR count). The van der Waals surface area contributed by atoms with Gasteiger partial charge in [0.1, 0.15) is 5.75 Å². The lowest BCUT2D eigenvalue weighted by Gasteiger charge is -2.31. The first-order valence-electron chi connectivity index (χ1n) is 9.12. The maximum Gasteiger partial charge on any atom is 0.313 e. The molecule has 2 heterocycles. The highest BCUT2D eigenvalue weighted by Crippen LogP contribution is 2.23. The number of hydrogen-bond donors (Lipinski definition) is 2. The minimum Gasteiger partial charge on any atom is -0.495 e. The monoisotopic (exact) mass is 387 g/mol. The maximum atomic E-state index is 12.1. The molecule has 0 spiro atoms. The van der Waals surface area contributed by atoms with Crippen molar-refractivity contribution in [1.29, 1.82) is 0 Å². The summed E-state index contributed by atoms with van der Waals surface area (Å²) in [5, 5.41) is 7.46. The van der Waals surface area contributed by atoms with E-state index in [-0.39, 0.29) is 0 Å². The molecule has 7 heteroatoms. The largest absolute Gasteiger partial charge is 0.495 e. The lowest BCUT2D eigenvalue weighted by atomic mass is 9.97. The summed E-state index contributed by atoms with van der Waals surface area (Å²) in [6.45, 7) is 3.57. The van der Waals surface area contributed by atoms with Crippen LogP contribution >= 0.6 is 11.3 Å². The molecular formula is C20H25N3O3S. The number of para-hydroxylation sites is 2. The van der Waals surface area contributed by atoms with E-state index in [9.17, 15) is 9.59 Å². The van der Waals surface area contributed by atoms with E-state index < -0.39 is 11.8 Å². The van der Waals surface area contributed by atoms with Crippen molar-refractivity contribution in [2.45, 2.75) is 19.4 Å². The number of piperidine rings is 1. The van der Waals surface area contributed by atoms with Gasteiger partial charge < -0.3 is 15.4 Å². The Morgan fingerprint density at radius 1 is 1.15 bits per heavy atom. The number of anilines is 1. The molecule has 1 aliphatic heterocycles. The van der Waals surface area contributed by atoms with Crippen molar-refractivity contribution in [3.8, 4) is 5.75 Å². The molecule has 0 atom stereocenters. The van der Waals surface area contributed by atoms with Gasteiger partial charge in [0.05, 0.1) is 12.8 Å². The van der Waals surface area contributed by atoms with Gasteiger partial charge in [-0.3, -0.25) is 14.5 Å². The van der Waals surface area contributed by atoms with Crippen LogP contribution in [-0.2, 0) is 16.1 Å². The minimum absolute atomic E-state index is 0.410. The number of thiophene rings is 1. The van der Waals surface area contributed by atoms with E-state index in [0.29, 0.717) is 23.9 Å². The van der Waals surface area contributed by atoms with E-state index in [1.54, 1.807) is 35.6 Å². The predicted molar refractivity (Wildman–Crippen MR) is 107 cm³/mol. The van der Waals surface area contributed by atoms with Crippen molar-refractivity contribution in [2.24, 2.45) is 5.92 Å². The van der Waals surface area contributed by atoms with E-state index in [4.69, 9.17) is 4.74 Å². The van der Waals surface area contributed by atoms with Gasteiger partial charge in [-0.05, 0) is 55.4 Å². The third-order valence-electron chi connectivity index (χ3n) is 4.78. The van der Waals surface area contributed by atoms with E-state index in [0.717, 1.165) is 32.5 Å². The van der Waals surface area contributed by atoms with Gasteiger partial charge in [-0.25, -0.2) is 0 Å². The van der Waals surface area contributed by atoms with Gasteiger partial charge in [0.15, 0.2) is 0 Å². The summed E-state index contributed by atoms with van der Waals surface area (Å²) in [6.07, 6.45) is 2.06. The molecule has 1 aromatic heterocycles. The molecule has 1 fully saturated rings. The van der Waals surface area contributed by atoms with Crippen LogP contribution in [0.5, 0.6) is 5.75 Å². The molecule has 1 aliphatic rings. The third kappa shape index (κ3) is 5.55. The number of amides is 2. The van der Waals surface area contributed by atoms with Crippen molar-refractivity contribution in [3.05, 3.63) is 46.7 Å². The van der Waals surface area contributed by atoms with E-state index in [1.165, 1.54) is 12.0 Å². The first kappa shape index (κ1) is 19.4. The van der Waals surface area contributed by atoms with Crippen LogP contribution in [-0.4, -0.2) is 43.5 Å². The van der Waals surface area contributed by atoms with Crippen molar-refractivity contribution in [3.63, 3.8) is 0 Å². The highest BCUT2D eigenvalue weighted by atomic mass is 32.1. The number of benzene rings is 1. The fourth-order valence-corrected chi connectivity index (χ4v) is 3.96. The zero-order chi connectivity index (χ0) is 19.1. The lowest BCUT2D eigenvalue weighted by molar-refractivity contribution is -0.136. The van der Waals surface area contributed by atoms with Crippen LogP contribution in [0.2, 0.25) is 0 Å². The number of likely N-dealkylation sites (tertiary alicyclic amines) is 1. The van der Waals surface area contributed by atoms with Gasteiger partial charge in [-0.15, -0.1) is 11.3 Å². The molecule has 0 aliphatic carbocycles. The first-order valence-corrected chi connectivity index (χ1v) is 10.0. The molecule has 2 N–H and O–H groups in total. The number of nitrogens with zero attached hydrogens (tertiary/aromatic N) is 1. The van der Waals surface area contributed by atoms with E-state index in [2.05, 4.69) is 33.0 Å². The van der Waals surface area contributed by atoms with Crippen LogP contribution < -0.4 is 15.4 Å². The summed E-state index contributed by atoms with van der Waals surface area (Å²) in [5.74, 6) is -0.346. The van der Waals surface area contributed by atoms with Gasteiger partial charge in [0, 0.05) is 18.0 Å². The summed E-state index contributed by atoms with van der Waals surface area (Å²) < 4.78 is 5.18. The Kier molecular flexibility index (Phi) is 6.84. The summed E-state index contributed by atoms with van der Waals surface area (Å²) in [7, 11) is 1.52. The molecule has 2 aromatic rings. The van der Waals surface area contributed by atoms with Gasteiger partial charge in [-0.2, -0.15) is 0 Å². The Bertz CT molecular complexity index is 756. The summed E-state index contributed by atoms with van der Waals surface area (Å²) in [6, 6.07) is 11.3. The fraction of sp³-hybridized carbons (Fsp3) is 0.400. The van der Waals surface area contributed by atoms with Crippen molar-refractivity contribution >= 4 is 28.8 Å². The zero-order valence-corrected chi connectivity index (χ0v) is 16.3. The average Bonchev–Trinajstić information content (AvgIpc) is 3.20. The maximum absolute atomic E-state index is 12.1. The van der Waals surface area contributed by atoms with Gasteiger partial charge in [0.2, 0.25) is 0 Å². The number of carbonyl (C=O) groups excluding carboxylic acids is 2. The Morgan fingerprint density at radius 2 is 1.93 bits per heavy atom. The van der Waals surface area contributed by atoms with E-state index in [1.807, 2.05) is 0 Å². The minimum atomic E-state index is -0.672. The number of ether oxygens (including phenoxy) is 1. The second-order valence-electron chi connectivity index (χ2n) is 6.66. The Hall–Kier alpha value is -2.38. The van der Waals surface area contributed by atoms with Crippen molar-refractivity contribution in [2.75, 3.05) is 32.1 Å². The highest BCUT2D eigenvalue weighted by molar-refractivity contribution is 7.09. The molecule has 1 saturated heterocycles. The van der Waals surface area contributed by atoms with Crippen molar-refractivity contribution < 1.29 is 14.3 Å². The zero-order valence-electron chi connectivity index (χ0n) is 15.4. The molecule has 0 radical (unpaired) electrons. The van der Waals surface area contributed by atoms with Crippen LogP contribution in [0.15, 0.2) is 41.8 Å². The fourth-order valence-electron chi connectivity index (χ4n) is 3.22. The van der Waals surface area contributed by atoms with Crippen LogP contribution in [0.1, 0.15) is 17.7 Å². The summed E-state index contributed by atoms with van der Waals surface area (Å²) in [4.78, 5) is 28.0. The number of nitrogens with one attached hydrogen (secondary N) is 2. The average molecular weight is 388 g/mol. The molecule has 0 unspecified atom stereocenters. The molecular weight excluding hydrogens is 362 g/mol. The van der Waals surface area contributed by atoms with Gasteiger partial charge in [-0.1, -0.05) is 18.2 Å². The Morgan fingerprint density at radius 3 is 2.63 bits per heavy atom. The highest BCUT2D eigenvalue weighted by Gasteiger charge is 2.22. The lowest BCUT2D eigenvalue weighted by Crippen LogP contribution is -2.41. The molecule has 2 amide bonds. The number of rotatable bonds is 6. The molecule has 27 heavy (non-hydrogen) atoms. The molecule has 1 aromatic carbocycles. The topological polar surface area (TPSA) is 70.7 Å². The quantitative estimate of drug-likeness (QED) is 0.748. The van der Waals surface area contributed by atoms with Crippen molar-refractivity contribution in [1.82, 2.24) is 10.2 Å². The van der Waals surface area contributed by atoms with Crippen LogP contribution in [0, 0.1) is 5.92 Å². The number of hydrogen-bond acceptors (Lipinski definition) is 5. The number of carbonyl (C=O) groups is 2. The standard InChI is InChI=1S/C20H25N3O3S/c1-26-18-7-3-2-6-17(18)22-20(25)19(24)21-13-15-8-10-23(11-9-15)14-16-5-4-12-27-16/h2-7,12,15H,8-11,13-14H2,1H3,(H,21,24)(H,22,25). The smallest absolute Gasteiger partial charge is 0.313 e. The second kappa shape index (κ2) is 9.53. The molecule has 144 valence electrons. The SMILES string of the molecule is COc1ccccc1NC(=O)C(=O)NCC1CCN(Cc2cccs2)CC1. The predicted octanol–water partition coefficient (Wildman–Crippen LogP) is 2.72. The van der Waals surface area contributed by atoms with Crippen LogP contribution in [0.25, 0.3) is 0 Å². The van der Waals surface area contributed by atoms with Crippen LogP contribution in [0.3, 0.4) is 0 Å². The molecule has 6 nitrogen and oxygen atoms in total. The first-order chi connectivity index (χ1) is 13.2. The summed E-state index contributed by atoms with van der Waals surface area (Å²) in [5.41, 5.74) is 0.488. The van der Waals surface area contributed by atoms with E-state index >= 15 is 0 Å². The van der Waals surface area contributed by atoms with Gasteiger partial charge >= 0.3 is 11.8 Å². The normalized spacial score (nSPS) is 15.3. The number of methoxy groups -OCH3 is 1. The Balaban J connectivity index is 1.39. The third-order valence-corrected chi connectivity index (χ3v) is 5.64. The molecule has 0 bridgehead atoms. The Labute approximate surface area is 163 Å². The molecule has 0 saturated carbocycles. The van der Waals surface area contributed by atoms with Crippen LogP contribution in [0.4, 0.5) is 5.69 Å².